The van der Waals surface area contributed by atoms with Crippen molar-refractivity contribution in [1.82, 2.24) is 4.90 Å². The molecule has 0 aliphatic carbocycles. The van der Waals surface area contributed by atoms with Crippen molar-refractivity contribution in [3.63, 3.8) is 0 Å². The average molecular weight is 373 g/mol. The minimum absolute atomic E-state index is 0.0780. The van der Waals surface area contributed by atoms with Gasteiger partial charge in [0, 0.05) is 12.1 Å². The molecule has 0 atom stereocenters. The molecule has 3 rings (SSSR count). The van der Waals surface area contributed by atoms with Gasteiger partial charge in [-0.05, 0) is 48.7 Å². The van der Waals surface area contributed by atoms with Gasteiger partial charge in [-0.3, -0.25) is 4.90 Å². The van der Waals surface area contributed by atoms with Crippen LogP contribution >= 0.6 is 0 Å². The van der Waals surface area contributed by atoms with Crippen LogP contribution in [-0.2, 0) is 16.6 Å². The normalized spacial score (nSPS) is 16.1. The number of hydrogen-bond acceptors (Lipinski definition) is 5. The van der Waals surface area contributed by atoms with Gasteiger partial charge in [0.25, 0.3) is 0 Å². The summed E-state index contributed by atoms with van der Waals surface area (Å²) in [6, 6.07) is 12.8. The molecule has 26 heavy (non-hydrogen) atoms. The number of primary sulfonamides is 1. The monoisotopic (exact) mass is 373 g/mol. The molecule has 8 heteroatoms. The fourth-order valence-corrected chi connectivity index (χ4v) is 4.09. The molecule has 138 valence electrons. The standard InChI is InChI=1S/C18H23N5O2S/c19-18(22-20)17-15(4-3-5-16(17)26(21,24)25)14-8-6-13(7-9-14)12-23-10-1-2-11-23/h3-9H,1-2,10-12,20H2,(H2,19,22)(H2,21,24,25). The number of sulfonamides is 1. The Kier molecular flexibility index (Phi) is 5.26. The zero-order valence-electron chi connectivity index (χ0n) is 14.4. The Morgan fingerprint density at radius 3 is 2.31 bits per heavy atom. The summed E-state index contributed by atoms with van der Waals surface area (Å²) < 4.78 is 23.9. The number of nitrogens with zero attached hydrogens (tertiary/aromatic N) is 2. The summed E-state index contributed by atoms with van der Waals surface area (Å²) in [7, 11) is -3.97. The zero-order valence-corrected chi connectivity index (χ0v) is 15.2. The number of benzene rings is 2. The van der Waals surface area contributed by atoms with E-state index in [1.54, 1.807) is 12.1 Å². The fraction of sp³-hybridized carbons (Fsp3) is 0.278. The average Bonchev–Trinajstić information content (AvgIpc) is 3.13. The van der Waals surface area contributed by atoms with Crippen LogP contribution < -0.4 is 16.7 Å². The first kappa shape index (κ1) is 18.4. The Morgan fingerprint density at radius 1 is 1.08 bits per heavy atom. The van der Waals surface area contributed by atoms with Gasteiger partial charge in [-0.1, -0.05) is 36.4 Å². The van der Waals surface area contributed by atoms with Gasteiger partial charge in [0.1, 0.15) is 0 Å². The highest BCUT2D eigenvalue weighted by molar-refractivity contribution is 7.89. The van der Waals surface area contributed by atoms with E-state index in [9.17, 15) is 8.42 Å². The van der Waals surface area contributed by atoms with Gasteiger partial charge < -0.3 is 11.6 Å². The largest absolute Gasteiger partial charge is 0.382 e. The van der Waals surface area contributed by atoms with E-state index >= 15 is 0 Å². The van der Waals surface area contributed by atoms with E-state index < -0.39 is 10.0 Å². The number of rotatable bonds is 5. The minimum Gasteiger partial charge on any atom is -0.382 e. The smallest absolute Gasteiger partial charge is 0.238 e. The molecule has 2 aromatic carbocycles. The molecule has 0 spiro atoms. The molecule has 1 aliphatic rings. The molecule has 1 saturated heterocycles. The van der Waals surface area contributed by atoms with Crippen molar-refractivity contribution in [3.8, 4) is 11.1 Å². The summed E-state index contributed by atoms with van der Waals surface area (Å²) in [6.45, 7) is 3.17. The Bertz CT molecular complexity index is 917. The van der Waals surface area contributed by atoms with Crippen LogP contribution in [0, 0.1) is 0 Å². The van der Waals surface area contributed by atoms with Gasteiger partial charge in [-0.15, -0.1) is 0 Å². The van der Waals surface area contributed by atoms with E-state index in [1.807, 2.05) is 24.3 Å². The molecule has 0 unspecified atom stereocenters. The van der Waals surface area contributed by atoms with E-state index in [0.29, 0.717) is 5.56 Å². The van der Waals surface area contributed by atoms with Crippen molar-refractivity contribution in [2.45, 2.75) is 24.3 Å². The van der Waals surface area contributed by atoms with Gasteiger partial charge in [0.05, 0.1) is 4.90 Å². The van der Waals surface area contributed by atoms with E-state index in [0.717, 1.165) is 25.2 Å². The van der Waals surface area contributed by atoms with E-state index in [1.165, 1.54) is 24.5 Å². The van der Waals surface area contributed by atoms with Gasteiger partial charge in [0.15, 0.2) is 5.84 Å². The Morgan fingerprint density at radius 2 is 1.73 bits per heavy atom. The molecule has 0 bridgehead atoms. The van der Waals surface area contributed by atoms with Gasteiger partial charge in [-0.25, -0.2) is 13.6 Å². The van der Waals surface area contributed by atoms with Crippen LogP contribution in [0.25, 0.3) is 11.1 Å². The van der Waals surface area contributed by atoms with Crippen LogP contribution in [0.5, 0.6) is 0 Å². The predicted octanol–water partition coefficient (Wildman–Crippen LogP) is 1.18. The predicted molar refractivity (Wildman–Crippen MR) is 103 cm³/mol. The third-order valence-electron chi connectivity index (χ3n) is 4.60. The molecule has 7 nitrogen and oxygen atoms in total. The van der Waals surface area contributed by atoms with Crippen LogP contribution in [0.1, 0.15) is 24.0 Å². The molecule has 0 radical (unpaired) electrons. The van der Waals surface area contributed by atoms with Crippen LogP contribution in [0.3, 0.4) is 0 Å². The minimum atomic E-state index is -3.97. The molecule has 1 fully saturated rings. The quantitative estimate of drug-likeness (QED) is 0.314. The summed E-state index contributed by atoms with van der Waals surface area (Å²) in [5.74, 6) is 5.22. The number of amidine groups is 1. The second-order valence-electron chi connectivity index (χ2n) is 6.42. The number of likely N-dealkylation sites (tertiary alicyclic amines) is 1. The highest BCUT2D eigenvalue weighted by atomic mass is 32.2. The maximum absolute atomic E-state index is 11.9. The summed E-state index contributed by atoms with van der Waals surface area (Å²) in [4.78, 5) is 2.32. The second kappa shape index (κ2) is 7.45. The highest BCUT2D eigenvalue weighted by Crippen LogP contribution is 2.29. The SMILES string of the molecule is N/N=C(\N)c1c(-c2ccc(CN3CCCC3)cc2)cccc1S(N)(=O)=O. The lowest BCUT2D eigenvalue weighted by atomic mass is 9.98. The molecule has 1 heterocycles. The van der Waals surface area contributed by atoms with Crippen LogP contribution in [0.4, 0.5) is 0 Å². The van der Waals surface area contributed by atoms with Crippen molar-refractivity contribution >= 4 is 15.9 Å². The second-order valence-corrected chi connectivity index (χ2v) is 7.95. The molecule has 0 saturated carbocycles. The molecule has 1 aliphatic heterocycles. The summed E-state index contributed by atoms with van der Waals surface area (Å²) in [5.41, 5.74) is 8.75. The van der Waals surface area contributed by atoms with Crippen molar-refractivity contribution in [1.29, 1.82) is 0 Å². The fourth-order valence-electron chi connectivity index (χ4n) is 3.33. The number of hydrogen-bond donors (Lipinski definition) is 3. The van der Waals surface area contributed by atoms with Gasteiger partial charge in [0.2, 0.25) is 10.0 Å². The molecule has 6 N–H and O–H groups in total. The molecular formula is C18H23N5O2S. The van der Waals surface area contributed by atoms with Crippen molar-refractivity contribution < 1.29 is 8.42 Å². The number of nitrogens with two attached hydrogens (primary N) is 3. The maximum Gasteiger partial charge on any atom is 0.238 e. The molecule has 0 amide bonds. The van der Waals surface area contributed by atoms with E-state index in [-0.39, 0.29) is 16.3 Å². The lowest BCUT2D eigenvalue weighted by Crippen LogP contribution is -2.23. The summed E-state index contributed by atoms with van der Waals surface area (Å²) in [6.07, 6.45) is 2.50. The van der Waals surface area contributed by atoms with Gasteiger partial charge in [-0.2, -0.15) is 5.10 Å². The van der Waals surface area contributed by atoms with Crippen molar-refractivity contribution in [2.75, 3.05) is 13.1 Å². The molecule has 2 aromatic rings. The Labute approximate surface area is 153 Å². The topological polar surface area (TPSA) is 128 Å². The van der Waals surface area contributed by atoms with E-state index in [4.69, 9.17) is 16.7 Å². The van der Waals surface area contributed by atoms with Crippen LogP contribution in [0.15, 0.2) is 52.5 Å². The molecular weight excluding hydrogens is 350 g/mol. The first-order valence-corrected chi connectivity index (χ1v) is 9.96. The Hall–Kier alpha value is -2.42. The lowest BCUT2D eigenvalue weighted by Gasteiger charge is -2.16. The highest BCUT2D eigenvalue weighted by Gasteiger charge is 2.21. The van der Waals surface area contributed by atoms with Crippen LogP contribution in [-0.4, -0.2) is 32.2 Å². The Balaban J connectivity index is 2.00. The van der Waals surface area contributed by atoms with Crippen LogP contribution in [0.2, 0.25) is 0 Å². The number of hydrazone groups is 1. The summed E-state index contributed by atoms with van der Waals surface area (Å²) >= 11 is 0. The molecule has 0 aromatic heterocycles. The third-order valence-corrected chi connectivity index (χ3v) is 5.55. The third kappa shape index (κ3) is 3.87. The maximum atomic E-state index is 11.9. The lowest BCUT2D eigenvalue weighted by molar-refractivity contribution is 0.331. The first-order valence-electron chi connectivity index (χ1n) is 8.41. The van der Waals surface area contributed by atoms with E-state index in [2.05, 4.69) is 10.0 Å². The first-order chi connectivity index (χ1) is 12.4. The van der Waals surface area contributed by atoms with Gasteiger partial charge >= 0.3 is 0 Å². The van der Waals surface area contributed by atoms with Crippen molar-refractivity contribution in [3.05, 3.63) is 53.6 Å². The van der Waals surface area contributed by atoms with Crippen molar-refractivity contribution in [2.24, 2.45) is 21.8 Å². The zero-order chi connectivity index (χ0) is 18.7. The summed E-state index contributed by atoms with van der Waals surface area (Å²) in [5, 5.41) is 8.80.